The highest BCUT2D eigenvalue weighted by molar-refractivity contribution is 9.10. The van der Waals surface area contributed by atoms with Crippen molar-refractivity contribution in [1.82, 2.24) is 5.32 Å². The maximum Gasteiger partial charge on any atom is 0.126 e. The first-order valence-electron chi connectivity index (χ1n) is 7.59. The number of ether oxygens (including phenoxy) is 2. The van der Waals surface area contributed by atoms with E-state index in [-0.39, 0.29) is 5.41 Å². The van der Waals surface area contributed by atoms with Crippen LogP contribution in [0.15, 0.2) is 16.6 Å². The Kier molecular flexibility index (Phi) is 5.55. The van der Waals surface area contributed by atoms with Crippen LogP contribution in [0.1, 0.15) is 38.7 Å². The minimum Gasteiger partial charge on any atom is -0.497 e. The third kappa shape index (κ3) is 4.89. The summed E-state index contributed by atoms with van der Waals surface area (Å²) in [5, 5.41) is 3.63. The molecule has 0 amide bonds. The summed E-state index contributed by atoms with van der Waals surface area (Å²) in [5.74, 6) is 1.71. The Morgan fingerprint density at radius 1 is 1.24 bits per heavy atom. The van der Waals surface area contributed by atoms with E-state index >= 15 is 0 Å². The molecule has 1 N–H and O–H groups in total. The molecule has 1 aliphatic carbocycles. The van der Waals surface area contributed by atoms with Gasteiger partial charge in [0.25, 0.3) is 0 Å². The van der Waals surface area contributed by atoms with Crippen LogP contribution in [0, 0.1) is 5.41 Å². The highest BCUT2D eigenvalue weighted by atomic mass is 79.9. The summed E-state index contributed by atoms with van der Waals surface area (Å²) in [6.45, 7) is 5.73. The van der Waals surface area contributed by atoms with Crippen LogP contribution in [0.2, 0.25) is 0 Å². The van der Waals surface area contributed by atoms with Gasteiger partial charge in [0.1, 0.15) is 11.5 Å². The SMILES string of the molecule is COc1cc(Br)c(CCC(C)(C)CNC2CC2)c(OC)c1. The first-order chi connectivity index (χ1) is 9.95. The minimum atomic E-state index is 0.285. The zero-order valence-electron chi connectivity index (χ0n) is 13.5. The second-order valence-corrected chi connectivity index (χ2v) is 7.46. The van der Waals surface area contributed by atoms with Crippen LogP contribution in [0.3, 0.4) is 0 Å². The number of nitrogens with one attached hydrogen (secondary N) is 1. The van der Waals surface area contributed by atoms with Crippen molar-refractivity contribution in [2.45, 2.75) is 45.6 Å². The van der Waals surface area contributed by atoms with Gasteiger partial charge in [-0.25, -0.2) is 0 Å². The van der Waals surface area contributed by atoms with Gasteiger partial charge in [-0.2, -0.15) is 0 Å². The molecule has 0 bridgehead atoms. The van der Waals surface area contributed by atoms with Crippen molar-refractivity contribution in [2.24, 2.45) is 5.41 Å². The average molecular weight is 356 g/mol. The molecular weight excluding hydrogens is 330 g/mol. The Balaban J connectivity index is 2.00. The van der Waals surface area contributed by atoms with E-state index in [0.717, 1.165) is 41.4 Å². The molecule has 1 fully saturated rings. The predicted molar refractivity (Wildman–Crippen MR) is 90.4 cm³/mol. The maximum absolute atomic E-state index is 5.52. The Hall–Kier alpha value is -0.740. The normalized spacial score (nSPS) is 15.1. The van der Waals surface area contributed by atoms with Gasteiger partial charge in [-0.1, -0.05) is 29.8 Å². The zero-order valence-corrected chi connectivity index (χ0v) is 15.0. The van der Waals surface area contributed by atoms with Crippen LogP contribution in [0.4, 0.5) is 0 Å². The number of rotatable bonds is 8. The highest BCUT2D eigenvalue weighted by Gasteiger charge is 2.25. The minimum absolute atomic E-state index is 0.285. The number of halogens is 1. The van der Waals surface area contributed by atoms with E-state index in [1.165, 1.54) is 18.4 Å². The molecule has 21 heavy (non-hydrogen) atoms. The van der Waals surface area contributed by atoms with Crippen molar-refractivity contribution >= 4 is 15.9 Å². The largest absolute Gasteiger partial charge is 0.497 e. The lowest BCUT2D eigenvalue weighted by Crippen LogP contribution is -2.31. The lowest BCUT2D eigenvalue weighted by molar-refractivity contribution is 0.310. The fraction of sp³-hybridized carbons (Fsp3) is 0.647. The average Bonchev–Trinajstić information content (AvgIpc) is 3.27. The van der Waals surface area contributed by atoms with E-state index in [1.807, 2.05) is 12.1 Å². The molecule has 0 heterocycles. The van der Waals surface area contributed by atoms with E-state index in [4.69, 9.17) is 9.47 Å². The van der Waals surface area contributed by atoms with Crippen molar-refractivity contribution in [3.05, 3.63) is 22.2 Å². The van der Waals surface area contributed by atoms with Gasteiger partial charge in [-0.3, -0.25) is 0 Å². The molecule has 118 valence electrons. The second-order valence-electron chi connectivity index (χ2n) is 6.61. The lowest BCUT2D eigenvalue weighted by Gasteiger charge is -2.26. The van der Waals surface area contributed by atoms with Gasteiger partial charge < -0.3 is 14.8 Å². The molecule has 0 radical (unpaired) electrons. The van der Waals surface area contributed by atoms with Gasteiger partial charge in [-0.05, 0) is 37.2 Å². The molecular formula is C17H26BrNO2. The number of hydrogen-bond donors (Lipinski definition) is 1. The smallest absolute Gasteiger partial charge is 0.126 e. The third-order valence-corrected chi connectivity index (χ3v) is 4.79. The van der Waals surface area contributed by atoms with E-state index < -0.39 is 0 Å². The summed E-state index contributed by atoms with van der Waals surface area (Å²) in [5.41, 5.74) is 1.50. The molecule has 4 heteroatoms. The fourth-order valence-electron chi connectivity index (χ4n) is 2.39. The molecule has 1 aliphatic rings. The molecule has 0 aliphatic heterocycles. The lowest BCUT2D eigenvalue weighted by atomic mass is 9.86. The molecule has 1 aromatic rings. The Bertz CT molecular complexity index is 484. The summed E-state index contributed by atoms with van der Waals surface area (Å²) in [6, 6.07) is 4.73. The van der Waals surface area contributed by atoms with Crippen LogP contribution in [0.5, 0.6) is 11.5 Å². The predicted octanol–water partition coefficient (Wildman–Crippen LogP) is 4.18. The molecule has 0 aromatic heterocycles. The molecule has 0 spiro atoms. The molecule has 1 aromatic carbocycles. The fourth-order valence-corrected chi connectivity index (χ4v) is 3.01. The van der Waals surface area contributed by atoms with Gasteiger partial charge >= 0.3 is 0 Å². The van der Waals surface area contributed by atoms with Crippen molar-refractivity contribution < 1.29 is 9.47 Å². The summed E-state index contributed by atoms with van der Waals surface area (Å²) in [7, 11) is 3.39. The van der Waals surface area contributed by atoms with Gasteiger partial charge in [0.05, 0.1) is 14.2 Å². The molecule has 0 unspecified atom stereocenters. The second kappa shape index (κ2) is 7.01. The van der Waals surface area contributed by atoms with Crippen LogP contribution >= 0.6 is 15.9 Å². The summed E-state index contributed by atoms with van der Waals surface area (Å²) >= 11 is 3.64. The van der Waals surface area contributed by atoms with Crippen molar-refractivity contribution in [3.8, 4) is 11.5 Å². The number of methoxy groups -OCH3 is 2. The van der Waals surface area contributed by atoms with Gasteiger partial charge in [0.15, 0.2) is 0 Å². The van der Waals surface area contributed by atoms with Crippen molar-refractivity contribution in [3.63, 3.8) is 0 Å². The Morgan fingerprint density at radius 3 is 2.52 bits per heavy atom. The highest BCUT2D eigenvalue weighted by Crippen LogP contribution is 2.35. The molecule has 1 saturated carbocycles. The summed E-state index contributed by atoms with van der Waals surface area (Å²) in [4.78, 5) is 0. The quantitative estimate of drug-likeness (QED) is 0.758. The third-order valence-electron chi connectivity index (χ3n) is 4.08. The van der Waals surface area contributed by atoms with E-state index in [2.05, 4.69) is 35.1 Å². The van der Waals surface area contributed by atoms with Crippen molar-refractivity contribution in [2.75, 3.05) is 20.8 Å². The van der Waals surface area contributed by atoms with Crippen LogP contribution < -0.4 is 14.8 Å². The summed E-state index contributed by atoms with van der Waals surface area (Å²) < 4.78 is 11.9. The monoisotopic (exact) mass is 355 g/mol. The van der Waals surface area contributed by atoms with E-state index in [1.54, 1.807) is 14.2 Å². The Morgan fingerprint density at radius 2 is 1.95 bits per heavy atom. The molecule has 2 rings (SSSR count). The first-order valence-corrected chi connectivity index (χ1v) is 8.38. The van der Waals surface area contributed by atoms with Gasteiger partial charge in [-0.15, -0.1) is 0 Å². The van der Waals surface area contributed by atoms with E-state index in [9.17, 15) is 0 Å². The van der Waals surface area contributed by atoms with Gasteiger partial charge in [0.2, 0.25) is 0 Å². The van der Waals surface area contributed by atoms with E-state index in [0.29, 0.717) is 0 Å². The Labute approximate surface area is 136 Å². The van der Waals surface area contributed by atoms with Crippen molar-refractivity contribution in [1.29, 1.82) is 0 Å². The number of hydrogen-bond acceptors (Lipinski definition) is 3. The summed E-state index contributed by atoms with van der Waals surface area (Å²) in [6.07, 6.45) is 4.79. The molecule has 0 saturated heterocycles. The van der Waals surface area contributed by atoms with Crippen LogP contribution in [-0.4, -0.2) is 26.8 Å². The zero-order chi connectivity index (χ0) is 15.5. The maximum atomic E-state index is 5.52. The van der Waals surface area contributed by atoms with Gasteiger partial charge in [0, 0.05) is 28.7 Å². The van der Waals surface area contributed by atoms with Crippen LogP contribution in [-0.2, 0) is 6.42 Å². The first kappa shape index (κ1) is 16.6. The van der Waals surface area contributed by atoms with Crippen LogP contribution in [0.25, 0.3) is 0 Å². The molecule has 3 nitrogen and oxygen atoms in total. The molecule has 0 atom stereocenters. The topological polar surface area (TPSA) is 30.5 Å². The number of benzene rings is 1. The standard InChI is InChI=1S/C17H26BrNO2/c1-17(2,11-19-12-5-6-12)8-7-14-15(18)9-13(20-3)10-16(14)21-4/h9-10,12,19H,5-8,11H2,1-4H3.